The van der Waals surface area contributed by atoms with Crippen LogP contribution < -0.4 is 5.73 Å². The average molecular weight is 300 g/mol. The van der Waals surface area contributed by atoms with Gasteiger partial charge in [-0.2, -0.15) is 0 Å². The Balaban J connectivity index is 0.000000465. The summed E-state index contributed by atoms with van der Waals surface area (Å²) in [5, 5.41) is 6.52. The van der Waals surface area contributed by atoms with Crippen LogP contribution in [0, 0.1) is 19.3 Å². The van der Waals surface area contributed by atoms with Gasteiger partial charge in [0.15, 0.2) is 0 Å². The van der Waals surface area contributed by atoms with Crippen molar-refractivity contribution in [3.05, 3.63) is 47.8 Å². The van der Waals surface area contributed by atoms with E-state index in [-0.39, 0.29) is 5.84 Å². The third-order valence-electron chi connectivity index (χ3n) is 2.47. The van der Waals surface area contributed by atoms with Crippen molar-refractivity contribution in [2.45, 2.75) is 47.5 Å². The number of aryl methyl sites for hydroxylation is 2. The Morgan fingerprint density at radius 2 is 1.27 bits per heavy atom. The highest BCUT2D eigenvalue weighted by Gasteiger charge is 2.00. The van der Waals surface area contributed by atoms with E-state index >= 15 is 0 Å². The molecule has 0 atom stereocenters. The van der Waals surface area contributed by atoms with Gasteiger partial charge < -0.3 is 5.73 Å². The van der Waals surface area contributed by atoms with Gasteiger partial charge in [-0.3, -0.25) is 15.4 Å². The second kappa shape index (κ2) is 11.4. The summed E-state index contributed by atoms with van der Waals surface area (Å²) >= 11 is 0. The number of amidine groups is 1. The van der Waals surface area contributed by atoms with Crippen LogP contribution in [0.3, 0.4) is 0 Å². The molecular formula is C18H28N4. The molecule has 2 aromatic heterocycles. The molecule has 0 spiro atoms. The zero-order valence-electron chi connectivity index (χ0n) is 14.4. The first-order valence-corrected chi connectivity index (χ1v) is 7.63. The standard InChI is InChI=1S/C12H12N2.C3H8N2.C3H8/c1-9-3-5-13-11(7-9)12-8-10(2)4-6-14-12;1-2-3(4)5;1-3-2/h3-8H,1-2H3;2H2,1H3,(H3,4,5);3H2,1-2H3. The lowest BCUT2D eigenvalue weighted by atomic mass is 10.1. The second-order valence-electron chi connectivity index (χ2n) is 5.02. The van der Waals surface area contributed by atoms with Gasteiger partial charge in [-0.25, -0.2) is 0 Å². The maximum Gasteiger partial charge on any atom is 0.0902 e. The Kier molecular flexibility index (Phi) is 10.3. The summed E-state index contributed by atoms with van der Waals surface area (Å²) in [6.07, 6.45) is 5.54. The molecule has 0 saturated heterocycles. The van der Waals surface area contributed by atoms with E-state index < -0.39 is 0 Å². The summed E-state index contributed by atoms with van der Waals surface area (Å²) in [6, 6.07) is 8.06. The van der Waals surface area contributed by atoms with Crippen LogP contribution in [0.5, 0.6) is 0 Å². The predicted octanol–water partition coefficient (Wildman–Crippen LogP) is 4.51. The van der Waals surface area contributed by atoms with E-state index in [1.807, 2.05) is 43.6 Å². The van der Waals surface area contributed by atoms with Crippen LogP contribution in [-0.2, 0) is 0 Å². The molecular weight excluding hydrogens is 272 g/mol. The number of nitrogens with zero attached hydrogens (tertiary/aromatic N) is 2. The quantitative estimate of drug-likeness (QED) is 0.633. The van der Waals surface area contributed by atoms with E-state index in [9.17, 15) is 0 Å². The summed E-state index contributed by atoms with van der Waals surface area (Å²) in [7, 11) is 0. The minimum Gasteiger partial charge on any atom is -0.388 e. The molecule has 0 aromatic carbocycles. The van der Waals surface area contributed by atoms with Crippen LogP contribution in [0.1, 0.15) is 44.7 Å². The fraction of sp³-hybridized carbons (Fsp3) is 0.389. The van der Waals surface area contributed by atoms with Crippen LogP contribution >= 0.6 is 0 Å². The molecule has 4 nitrogen and oxygen atoms in total. The van der Waals surface area contributed by atoms with Crippen molar-refractivity contribution in [2.75, 3.05) is 0 Å². The van der Waals surface area contributed by atoms with E-state index in [1.165, 1.54) is 17.5 Å². The molecule has 0 radical (unpaired) electrons. The number of aromatic nitrogens is 2. The minimum atomic E-state index is 0.255. The van der Waals surface area contributed by atoms with Gasteiger partial charge in [0.25, 0.3) is 0 Å². The molecule has 2 rings (SSSR count). The first-order chi connectivity index (χ1) is 10.4. The van der Waals surface area contributed by atoms with Crippen LogP contribution in [0.2, 0.25) is 0 Å². The van der Waals surface area contributed by atoms with Crippen LogP contribution in [0.4, 0.5) is 0 Å². The van der Waals surface area contributed by atoms with Crippen molar-refractivity contribution < 1.29 is 0 Å². The van der Waals surface area contributed by atoms with Gasteiger partial charge in [-0.05, 0) is 49.2 Å². The molecule has 0 aliphatic carbocycles. The largest absolute Gasteiger partial charge is 0.388 e. The number of nitrogens with one attached hydrogen (secondary N) is 1. The Morgan fingerprint density at radius 3 is 1.50 bits per heavy atom. The van der Waals surface area contributed by atoms with E-state index in [4.69, 9.17) is 11.1 Å². The van der Waals surface area contributed by atoms with Crippen molar-refractivity contribution >= 4 is 5.84 Å². The number of nitrogens with two attached hydrogens (primary N) is 1. The van der Waals surface area contributed by atoms with Crippen molar-refractivity contribution in [1.29, 1.82) is 5.41 Å². The second-order valence-corrected chi connectivity index (χ2v) is 5.02. The van der Waals surface area contributed by atoms with Gasteiger partial charge in [0.1, 0.15) is 0 Å². The molecule has 0 aliphatic heterocycles. The average Bonchev–Trinajstić information content (AvgIpc) is 2.48. The Bertz CT molecular complexity index is 521. The van der Waals surface area contributed by atoms with Crippen LogP contribution in [0.15, 0.2) is 36.7 Å². The molecule has 0 unspecified atom stereocenters. The molecule has 120 valence electrons. The number of hydrogen-bond acceptors (Lipinski definition) is 3. The maximum atomic E-state index is 6.52. The van der Waals surface area contributed by atoms with Gasteiger partial charge in [-0.15, -0.1) is 0 Å². The Labute approximate surface area is 134 Å². The van der Waals surface area contributed by atoms with E-state index in [0.717, 1.165) is 11.4 Å². The highest BCUT2D eigenvalue weighted by molar-refractivity contribution is 5.76. The zero-order valence-corrected chi connectivity index (χ0v) is 14.4. The van der Waals surface area contributed by atoms with Crippen LogP contribution in [0.25, 0.3) is 11.4 Å². The van der Waals surface area contributed by atoms with Gasteiger partial charge in [-0.1, -0.05) is 27.2 Å². The fourth-order valence-corrected chi connectivity index (χ4v) is 1.35. The first-order valence-electron chi connectivity index (χ1n) is 7.63. The number of pyridine rings is 2. The fourth-order valence-electron chi connectivity index (χ4n) is 1.35. The third kappa shape index (κ3) is 8.84. The number of rotatable bonds is 2. The molecule has 0 saturated carbocycles. The molecule has 3 N–H and O–H groups in total. The summed E-state index contributed by atoms with van der Waals surface area (Å²) in [5.41, 5.74) is 9.17. The first kappa shape index (κ1) is 19.8. The van der Waals surface area contributed by atoms with Gasteiger partial charge in [0.05, 0.1) is 17.2 Å². The highest BCUT2D eigenvalue weighted by atomic mass is 14.8. The normalized spacial score (nSPS) is 8.95. The lowest BCUT2D eigenvalue weighted by molar-refractivity contribution is 1.09. The summed E-state index contributed by atoms with van der Waals surface area (Å²) in [5.74, 6) is 0.255. The van der Waals surface area contributed by atoms with Crippen molar-refractivity contribution in [3.8, 4) is 11.4 Å². The smallest absolute Gasteiger partial charge is 0.0902 e. The maximum absolute atomic E-state index is 6.52. The molecule has 4 heteroatoms. The van der Waals surface area contributed by atoms with Crippen molar-refractivity contribution in [2.24, 2.45) is 5.73 Å². The number of hydrogen-bond donors (Lipinski definition) is 2. The summed E-state index contributed by atoms with van der Waals surface area (Å²) < 4.78 is 0. The molecule has 0 amide bonds. The summed E-state index contributed by atoms with van der Waals surface area (Å²) in [6.45, 7) is 10.2. The molecule has 2 aromatic rings. The minimum absolute atomic E-state index is 0.255. The molecule has 2 heterocycles. The van der Waals surface area contributed by atoms with Gasteiger partial charge in [0, 0.05) is 18.8 Å². The van der Waals surface area contributed by atoms with E-state index in [2.05, 4.69) is 37.7 Å². The molecule has 22 heavy (non-hydrogen) atoms. The van der Waals surface area contributed by atoms with Gasteiger partial charge >= 0.3 is 0 Å². The zero-order chi connectivity index (χ0) is 17.0. The summed E-state index contributed by atoms with van der Waals surface area (Å²) in [4.78, 5) is 8.58. The van der Waals surface area contributed by atoms with Crippen molar-refractivity contribution in [1.82, 2.24) is 9.97 Å². The Hall–Kier alpha value is -2.23. The molecule has 0 fully saturated rings. The lowest BCUT2D eigenvalue weighted by Gasteiger charge is -2.01. The third-order valence-corrected chi connectivity index (χ3v) is 2.47. The molecule has 0 aliphatic rings. The lowest BCUT2D eigenvalue weighted by Crippen LogP contribution is -2.05. The van der Waals surface area contributed by atoms with E-state index in [0.29, 0.717) is 6.42 Å². The SMILES string of the molecule is CCC.CCC(=N)N.Cc1ccnc(-c2cc(C)ccn2)c1. The van der Waals surface area contributed by atoms with E-state index in [1.54, 1.807) is 0 Å². The monoisotopic (exact) mass is 300 g/mol. The predicted molar refractivity (Wildman–Crippen MR) is 95.1 cm³/mol. The van der Waals surface area contributed by atoms with Crippen molar-refractivity contribution in [3.63, 3.8) is 0 Å². The Morgan fingerprint density at radius 1 is 0.955 bits per heavy atom. The highest BCUT2D eigenvalue weighted by Crippen LogP contribution is 2.15. The van der Waals surface area contributed by atoms with Gasteiger partial charge in [0.2, 0.25) is 0 Å². The van der Waals surface area contributed by atoms with Crippen LogP contribution in [-0.4, -0.2) is 15.8 Å². The molecule has 0 bridgehead atoms. The topological polar surface area (TPSA) is 75.7 Å².